The molecule has 1 unspecified atom stereocenters. The minimum atomic E-state index is -0.475. The second kappa shape index (κ2) is 8.36. The van der Waals surface area contributed by atoms with Crippen LogP contribution in [0.4, 0.5) is 4.79 Å². The van der Waals surface area contributed by atoms with Gasteiger partial charge in [-0.3, -0.25) is 4.90 Å². The molecular weight excluding hydrogens is 428 g/mol. The zero-order valence-corrected chi connectivity index (χ0v) is 17.9. The minimum absolute atomic E-state index is 0.245. The molecule has 7 nitrogen and oxygen atoms in total. The molecule has 1 N–H and O–H groups in total. The van der Waals surface area contributed by atoms with Crippen molar-refractivity contribution < 1.29 is 13.7 Å². The van der Waals surface area contributed by atoms with Crippen molar-refractivity contribution in [3.63, 3.8) is 0 Å². The Morgan fingerprint density at radius 2 is 1.84 bits per heavy atom. The van der Waals surface area contributed by atoms with Crippen LogP contribution in [-0.2, 0) is 6.54 Å². The third-order valence-electron chi connectivity index (χ3n) is 5.38. The predicted octanol–water partition coefficient (Wildman–Crippen LogP) is 5.68. The fourth-order valence-electron chi connectivity index (χ4n) is 3.75. The molecule has 0 bridgehead atoms. The molecule has 3 heterocycles. The lowest BCUT2D eigenvalue weighted by Crippen LogP contribution is -2.45. The number of allylic oxidation sites excluding steroid dienone is 1. The van der Waals surface area contributed by atoms with Crippen LogP contribution >= 0.6 is 11.6 Å². The molecule has 1 atom stereocenters. The molecule has 32 heavy (non-hydrogen) atoms. The molecule has 8 heteroatoms. The van der Waals surface area contributed by atoms with Gasteiger partial charge in [0.05, 0.1) is 24.4 Å². The van der Waals surface area contributed by atoms with Gasteiger partial charge in [-0.15, -0.1) is 0 Å². The molecule has 2 amide bonds. The summed E-state index contributed by atoms with van der Waals surface area (Å²) in [5.74, 6) is 1.48. The van der Waals surface area contributed by atoms with Gasteiger partial charge in [0.25, 0.3) is 5.89 Å². The highest BCUT2D eigenvalue weighted by molar-refractivity contribution is 6.30. The maximum absolute atomic E-state index is 13.0. The number of carbonyl (C=O) groups is 1. The van der Waals surface area contributed by atoms with Gasteiger partial charge in [-0.25, -0.2) is 4.79 Å². The number of urea groups is 1. The fourth-order valence-corrected chi connectivity index (χ4v) is 3.88. The number of carbonyl (C=O) groups excluding carboxylic acids is 1. The van der Waals surface area contributed by atoms with Crippen molar-refractivity contribution in [2.75, 3.05) is 0 Å². The van der Waals surface area contributed by atoms with Gasteiger partial charge in [0.2, 0.25) is 5.82 Å². The van der Waals surface area contributed by atoms with Crippen LogP contribution in [0.5, 0.6) is 0 Å². The highest BCUT2D eigenvalue weighted by Gasteiger charge is 2.36. The fraction of sp³-hybridized carbons (Fsp3) is 0.125. The lowest BCUT2D eigenvalue weighted by Gasteiger charge is -2.34. The van der Waals surface area contributed by atoms with E-state index in [1.807, 2.05) is 55.5 Å². The number of aromatic nitrogens is 2. The van der Waals surface area contributed by atoms with E-state index in [4.69, 9.17) is 20.5 Å². The maximum atomic E-state index is 13.0. The summed E-state index contributed by atoms with van der Waals surface area (Å²) in [4.78, 5) is 19.3. The topological polar surface area (TPSA) is 84.4 Å². The van der Waals surface area contributed by atoms with E-state index in [2.05, 4.69) is 15.5 Å². The van der Waals surface area contributed by atoms with Crippen molar-refractivity contribution in [2.24, 2.45) is 0 Å². The molecule has 0 saturated heterocycles. The molecule has 1 aliphatic heterocycles. The van der Waals surface area contributed by atoms with Gasteiger partial charge >= 0.3 is 6.03 Å². The molecular formula is C24H19ClN4O3. The second-order valence-corrected chi connectivity index (χ2v) is 7.82. The molecule has 0 fully saturated rings. The largest absolute Gasteiger partial charge is 0.467 e. The Hall–Kier alpha value is -3.84. The van der Waals surface area contributed by atoms with Gasteiger partial charge in [-0.05, 0) is 36.8 Å². The Morgan fingerprint density at radius 3 is 2.56 bits per heavy atom. The summed E-state index contributed by atoms with van der Waals surface area (Å²) in [7, 11) is 0. The molecule has 2 aromatic heterocycles. The van der Waals surface area contributed by atoms with E-state index in [1.54, 1.807) is 29.4 Å². The van der Waals surface area contributed by atoms with E-state index in [-0.39, 0.29) is 12.6 Å². The Morgan fingerprint density at radius 1 is 1.06 bits per heavy atom. The Bertz CT molecular complexity index is 1260. The van der Waals surface area contributed by atoms with Crippen LogP contribution in [0, 0.1) is 0 Å². The van der Waals surface area contributed by atoms with Crippen molar-refractivity contribution in [2.45, 2.75) is 19.5 Å². The van der Waals surface area contributed by atoms with Crippen LogP contribution in [0.1, 0.15) is 30.2 Å². The van der Waals surface area contributed by atoms with E-state index in [0.717, 1.165) is 11.1 Å². The number of halogens is 1. The number of amides is 2. The predicted molar refractivity (Wildman–Crippen MR) is 119 cm³/mol. The van der Waals surface area contributed by atoms with Crippen LogP contribution in [0.25, 0.3) is 17.0 Å². The number of furan rings is 1. The van der Waals surface area contributed by atoms with Gasteiger partial charge in [-0.1, -0.05) is 59.2 Å². The van der Waals surface area contributed by atoms with Crippen LogP contribution < -0.4 is 5.32 Å². The summed E-state index contributed by atoms with van der Waals surface area (Å²) in [5, 5.41) is 7.84. The summed E-state index contributed by atoms with van der Waals surface area (Å²) in [6.07, 6.45) is 1.58. The molecule has 1 aliphatic rings. The SMILES string of the molecule is CC1=C(c2nc(-c3ccccc3)no2)C(c2ccc(Cl)cc2)NC(=O)N1Cc1ccco1. The first-order valence-electron chi connectivity index (χ1n) is 10.1. The lowest BCUT2D eigenvalue weighted by atomic mass is 9.94. The van der Waals surface area contributed by atoms with Gasteiger partial charge in [-0.2, -0.15) is 4.98 Å². The van der Waals surface area contributed by atoms with Crippen molar-refractivity contribution in [1.82, 2.24) is 20.4 Å². The van der Waals surface area contributed by atoms with E-state index in [9.17, 15) is 4.79 Å². The molecule has 0 aliphatic carbocycles. The van der Waals surface area contributed by atoms with E-state index in [0.29, 0.717) is 33.8 Å². The zero-order chi connectivity index (χ0) is 22.1. The average Bonchev–Trinajstić information content (AvgIpc) is 3.50. The molecule has 4 aromatic rings. The number of nitrogens with one attached hydrogen (secondary N) is 1. The summed E-state index contributed by atoms with van der Waals surface area (Å²) in [5.41, 5.74) is 3.12. The normalized spacial score (nSPS) is 16.4. The van der Waals surface area contributed by atoms with Crippen molar-refractivity contribution in [1.29, 1.82) is 0 Å². The highest BCUT2D eigenvalue weighted by atomic mass is 35.5. The number of nitrogens with zero attached hydrogens (tertiary/aromatic N) is 3. The van der Waals surface area contributed by atoms with Crippen molar-refractivity contribution >= 4 is 23.2 Å². The maximum Gasteiger partial charge on any atom is 0.322 e. The summed E-state index contributed by atoms with van der Waals surface area (Å²) in [6.45, 7) is 2.15. The van der Waals surface area contributed by atoms with Crippen molar-refractivity contribution in [3.05, 3.63) is 101 Å². The van der Waals surface area contributed by atoms with Gasteiger partial charge in [0.15, 0.2) is 0 Å². The zero-order valence-electron chi connectivity index (χ0n) is 17.2. The summed E-state index contributed by atoms with van der Waals surface area (Å²) in [6, 6.07) is 19.8. The smallest absolute Gasteiger partial charge is 0.322 e. The summed E-state index contributed by atoms with van der Waals surface area (Å²) < 4.78 is 11.1. The number of rotatable bonds is 5. The lowest BCUT2D eigenvalue weighted by molar-refractivity contribution is 0.199. The molecule has 0 spiro atoms. The Balaban J connectivity index is 1.60. The Labute approximate surface area is 189 Å². The van der Waals surface area contributed by atoms with Gasteiger partial charge in [0.1, 0.15) is 5.76 Å². The number of hydrogen-bond acceptors (Lipinski definition) is 5. The molecule has 2 aromatic carbocycles. The van der Waals surface area contributed by atoms with Crippen LogP contribution in [0.3, 0.4) is 0 Å². The highest BCUT2D eigenvalue weighted by Crippen LogP contribution is 2.38. The molecule has 160 valence electrons. The number of hydrogen-bond donors (Lipinski definition) is 1. The summed E-state index contributed by atoms with van der Waals surface area (Å²) >= 11 is 6.08. The van der Waals surface area contributed by atoms with E-state index >= 15 is 0 Å². The van der Waals surface area contributed by atoms with Crippen LogP contribution in [-0.4, -0.2) is 21.1 Å². The second-order valence-electron chi connectivity index (χ2n) is 7.39. The molecule has 0 radical (unpaired) electrons. The van der Waals surface area contributed by atoms with Crippen LogP contribution in [0.15, 0.2) is 87.6 Å². The van der Waals surface area contributed by atoms with Crippen molar-refractivity contribution in [3.8, 4) is 11.4 Å². The number of benzene rings is 2. The first-order chi connectivity index (χ1) is 15.6. The average molecular weight is 447 g/mol. The quantitative estimate of drug-likeness (QED) is 0.426. The van der Waals surface area contributed by atoms with E-state index in [1.165, 1.54) is 0 Å². The standard InChI is InChI=1S/C24H19ClN4O3/c1-15-20(23-27-22(28-32-23)17-6-3-2-4-7-17)21(16-9-11-18(25)12-10-16)26-24(30)29(15)14-19-8-5-13-31-19/h2-13,21H,14H2,1H3,(H,26,30). The van der Waals surface area contributed by atoms with Gasteiger partial charge in [0, 0.05) is 16.3 Å². The Kier molecular flexibility index (Phi) is 5.25. The first-order valence-corrected chi connectivity index (χ1v) is 10.4. The third kappa shape index (κ3) is 3.78. The third-order valence-corrected chi connectivity index (χ3v) is 5.63. The minimum Gasteiger partial charge on any atom is -0.467 e. The van der Waals surface area contributed by atoms with Crippen LogP contribution in [0.2, 0.25) is 5.02 Å². The monoisotopic (exact) mass is 446 g/mol. The van der Waals surface area contributed by atoms with E-state index < -0.39 is 6.04 Å². The first kappa shape index (κ1) is 20.1. The molecule has 0 saturated carbocycles. The van der Waals surface area contributed by atoms with Gasteiger partial charge < -0.3 is 14.3 Å². The molecule has 5 rings (SSSR count).